The van der Waals surface area contributed by atoms with Crippen molar-refractivity contribution in [3.8, 4) is 0 Å². The molecule has 0 atom stereocenters. The third kappa shape index (κ3) is 3.83. The van der Waals surface area contributed by atoms with E-state index in [1.807, 2.05) is 0 Å². The number of fused-ring (bicyclic) bond motifs is 2. The molecule has 1 N–H and O–H groups in total. The molecule has 5 aromatic rings. The van der Waals surface area contributed by atoms with Crippen LogP contribution in [0.3, 0.4) is 0 Å². The van der Waals surface area contributed by atoms with Crippen LogP contribution in [0.25, 0.3) is 22.1 Å². The maximum absolute atomic E-state index is 4.39. The fraction of sp³-hybridized carbons (Fsp3) is 0.136. The molecule has 5 nitrogen and oxygen atoms in total. The number of aromatic amines is 1. The second-order valence-electron chi connectivity index (χ2n) is 6.90. The number of nitrogens with zero attached hydrogens (tertiary/aromatic N) is 4. The Morgan fingerprint density at radius 3 is 2.48 bits per heavy atom. The van der Waals surface area contributed by atoms with Crippen molar-refractivity contribution < 1.29 is 0 Å². The van der Waals surface area contributed by atoms with Gasteiger partial charge in [0.05, 0.1) is 29.1 Å². The van der Waals surface area contributed by atoms with E-state index in [9.17, 15) is 0 Å². The minimum absolute atomic E-state index is 0.789. The number of nitrogens with one attached hydrogen (secondary N) is 1. The third-order valence-corrected chi connectivity index (χ3v) is 6.29. The number of H-pyrrole nitrogens is 1. The fourth-order valence-electron chi connectivity index (χ4n) is 3.46. The van der Waals surface area contributed by atoms with Gasteiger partial charge in [0.2, 0.25) is 0 Å². The summed E-state index contributed by atoms with van der Waals surface area (Å²) in [6, 6.07) is 21.5. The van der Waals surface area contributed by atoms with Crippen molar-refractivity contribution >= 4 is 51.2 Å². The van der Waals surface area contributed by atoms with Gasteiger partial charge in [0, 0.05) is 23.7 Å². The average Bonchev–Trinajstić information content (AvgIpc) is 3.42. The number of thioether (sulfide) groups is 1. The largest absolute Gasteiger partial charge is 0.363 e. The van der Waals surface area contributed by atoms with Gasteiger partial charge in [0.25, 0.3) is 0 Å². The maximum Gasteiger partial charge on any atom is 0.105 e. The van der Waals surface area contributed by atoms with E-state index in [-0.39, 0.29) is 0 Å². The molecule has 0 saturated carbocycles. The summed E-state index contributed by atoms with van der Waals surface area (Å²) in [5.41, 5.74) is 7.60. The highest BCUT2D eigenvalue weighted by atomic mass is 32.2. The molecular formula is C22H19N5S2. The molecule has 0 aliphatic heterocycles. The fourth-order valence-corrected chi connectivity index (χ4v) is 4.38. The van der Waals surface area contributed by atoms with Crippen molar-refractivity contribution in [2.45, 2.75) is 18.0 Å². The summed E-state index contributed by atoms with van der Waals surface area (Å²) < 4.78 is 8.71. The molecule has 0 saturated heterocycles. The summed E-state index contributed by atoms with van der Waals surface area (Å²) in [5.74, 6) is 0. The average molecular weight is 418 g/mol. The predicted octanol–water partition coefficient (Wildman–Crippen LogP) is 5.50. The van der Waals surface area contributed by atoms with E-state index in [1.54, 1.807) is 18.1 Å². The maximum atomic E-state index is 4.39. The normalized spacial score (nSPS) is 11.3. The number of rotatable bonds is 6. The highest BCUT2D eigenvalue weighted by Gasteiger charge is 2.12. The van der Waals surface area contributed by atoms with Crippen LogP contribution in [0.4, 0.5) is 5.69 Å². The molecule has 2 aromatic heterocycles. The lowest BCUT2D eigenvalue weighted by Gasteiger charge is -2.25. The van der Waals surface area contributed by atoms with Crippen molar-refractivity contribution in [3.63, 3.8) is 0 Å². The smallest absolute Gasteiger partial charge is 0.105 e. The quantitative estimate of drug-likeness (QED) is 0.370. The zero-order valence-corrected chi connectivity index (χ0v) is 17.5. The molecule has 3 aromatic carbocycles. The molecular weight excluding hydrogens is 398 g/mol. The summed E-state index contributed by atoms with van der Waals surface area (Å²) in [4.78, 5) is 11.2. The summed E-state index contributed by atoms with van der Waals surface area (Å²) >= 11 is 3.02. The lowest BCUT2D eigenvalue weighted by atomic mass is 10.1. The molecule has 5 rings (SSSR count). The zero-order chi connectivity index (χ0) is 19.6. The highest BCUT2D eigenvalue weighted by molar-refractivity contribution is 7.98. The minimum Gasteiger partial charge on any atom is -0.363 e. The van der Waals surface area contributed by atoms with Crippen LogP contribution in [0.2, 0.25) is 0 Å². The second-order valence-corrected chi connectivity index (χ2v) is 8.30. The first kappa shape index (κ1) is 18.1. The first-order valence-corrected chi connectivity index (χ1v) is 11.3. The van der Waals surface area contributed by atoms with Gasteiger partial charge in [-0.05, 0) is 59.8 Å². The number of aromatic nitrogens is 4. The third-order valence-electron chi connectivity index (χ3n) is 4.99. The number of imidazole rings is 1. The van der Waals surface area contributed by atoms with Crippen molar-refractivity contribution in [2.75, 3.05) is 11.2 Å². The van der Waals surface area contributed by atoms with Gasteiger partial charge in [-0.1, -0.05) is 18.2 Å². The Morgan fingerprint density at radius 1 is 0.862 bits per heavy atom. The van der Waals surface area contributed by atoms with Crippen LogP contribution in [0, 0.1) is 0 Å². The van der Waals surface area contributed by atoms with E-state index < -0.39 is 0 Å². The first-order chi connectivity index (χ1) is 14.3. The van der Waals surface area contributed by atoms with E-state index in [1.165, 1.54) is 27.8 Å². The monoisotopic (exact) mass is 417 g/mol. The Labute approximate surface area is 177 Å². The number of anilines is 1. The predicted molar refractivity (Wildman–Crippen MR) is 122 cm³/mol. The number of benzene rings is 3. The van der Waals surface area contributed by atoms with Crippen molar-refractivity contribution in [3.05, 3.63) is 78.1 Å². The molecule has 0 fully saturated rings. The van der Waals surface area contributed by atoms with E-state index in [2.05, 4.69) is 90.5 Å². The summed E-state index contributed by atoms with van der Waals surface area (Å²) in [5, 5.41) is 0. The molecule has 2 heterocycles. The van der Waals surface area contributed by atoms with Gasteiger partial charge in [0.1, 0.15) is 11.0 Å². The molecule has 144 valence electrons. The number of hydrogen-bond acceptors (Lipinski definition) is 6. The van der Waals surface area contributed by atoms with Gasteiger partial charge in [-0.15, -0.1) is 11.8 Å². The van der Waals surface area contributed by atoms with Crippen molar-refractivity contribution in [1.29, 1.82) is 0 Å². The van der Waals surface area contributed by atoms with Crippen LogP contribution < -0.4 is 4.90 Å². The number of hydrogen-bond donors (Lipinski definition) is 1. The van der Waals surface area contributed by atoms with Gasteiger partial charge in [-0.25, -0.2) is 4.98 Å². The Kier molecular flexibility index (Phi) is 4.91. The van der Waals surface area contributed by atoms with Gasteiger partial charge in [-0.2, -0.15) is 8.75 Å². The van der Waals surface area contributed by atoms with Crippen molar-refractivity contribution in [1.82, 2.24) is 18.7 Å². The SMILES string of the molecule is CSc1ccc(CN(Cc2ccc3nsnc3c2)c2ccc3nc[nH]c3c2)cc1. The van der Waals surface area contributed by atoms with Gasteiger partial charge < -0.3 is 9.88 Å². The van der Waals surface area contributed by atoms with Crippen molar-refractivity contribution in [2.24, 2.45) is 0 Å². The van der Waals surface area contributed by atoms with Crippen LogP contribution in [0.5, 0.6) is 0 Å². The topological polar surface area (TPSA) is 57.7 Å². The molecule has 7 heteroatoms. The minimum atomic E-state index is 0.789. The van der Waals surface area contributed by atoms with Gasteiger partial charge >= 0.3 is 0 Å². The van der Waals surface area contributed by atoms with Crippen LogP contribution in [0.15, 0.2) is 71.9 Å². The van der Waals surface area contributed by atoms with Crippen LogP contribution >= 0.6 is 23.5 Å². The molecule has 0 spiro atoms. The molecule has 0 amide bonds. The Morgan fingerprint density at radius 2 is 1.62 bits per heavy atom. The van der Waals surface area contributed by atoms with Gasteiger partial charge in [-0.3, -0.25) is 0 Å². The highest BCUT2D eigenvalue weighted by Crippen LogP contribution is 2.25. The molecule has 0 aliphatic rings. The van der Waals surface area contributed by atoms with E-state index in [0.717, 1.165) is 40.8 Å². The van der Waals surface area contributed by atoms with Crippen LogP contribution in [0.1, 0.15) is 11.1 Å². The summed E-state index contributed by atoms with van der Waals surface area (Å²) in [7, 11) is 0. The summed E-state index contributed by atoms with van der Waals surface area (Å²) in [6.45, 7) is 1.61. The van der Waals surface area contributed by atoms with E-state index >= 15 is 0 Å². The lowest BCUT2D eigenvalue weighted by Crippen LogP contribution is -2.22. The first-order valence-electron chi connectivity index (χ1n) is 9.31. The second kappa shape index (κ2) is 7.85. The van der Waals surface area contributed by atoms with Crippen LogP contribution in [-0.2, 0) is 13.1 Å². The van der Waals surface area contributed by atoms with E-state index in [0.29, 0.717) is 0 Å². The Bertz CT molecular complexity index is 1260. The molecule has 0 bridgehead atoms. The van der Waals surface area contributed by atoms with E-state index in [4.69, 9.17) is 0 Å². The Hall–Kier alpha value is -2.90. The van der Waals surface area contributed by atoms with Crippen LogP contribution in [-0.4, -0.2) is 25.0 Å². The van der Waals surface area contributed by atoms with Gasteiger partial charge in [0.15, 0.2) is 0 Å². The molecule has 0 aliphatic carbocycles. The lowest BCUT2D eigenvalue weighted by molar-refractivity contribution is 0.800. The molecule has 0 radical (unpaired) electrons. The Balaban J connectivity index is 1.49. The zero-order valence-electron chi connectivity index (χ0n) is 15.9. The molecule has 0 unspecified atom stereocenters. The molecule has 29 heavy (non-hydrogen) atoms. The standard InChI is InChI=1S/C22H19N5S2/c1-28-18-6-2-15(3-7-18)12-27(17-5-9-19-21(11-17)24-14-23-19)13-16-4-8-20-22(10-16)26-29-25-20/h2-11,14H,12-13H2,1H3,(H,23,24). The summed E-state index contributed by atoms with van der Waals surface area (Å²) in [6.07, 6.45) is 3.84.